The Balaban J connectivity index is 1.90. The van der Waals surface area contributed by atoms with Crippen molar-refractivity contribution in [3.63, 3.8) is 0 Å². The number of hydrogen-bond donors (Lipinski definition) is 2. The van der Waals surface area contributed by atoms with Gasteiger partial charge in [-0.2, -0.15) is 0 Å². The SMILES string of the molecule is COC(=O)N1CCC[C@H](NC(=O)Nc2ccccc2SC)C1. The Kier molecular flexibility index (Phi) is 5.94. The lowest BCUT2D eigenvalue weighted by atomic mass is 10.1. The summed E-state index contributed by atoms with van der Waals surface area (Å²) in [4.78, 5) is 26.3. The number of benzene rings is 1. The van der Waals surface area contributed by atoms with Crippen LogP contribution in [0, 0.1) is 0 Å². The van der Waals surface area contributed by atoms with Crippen LogP contribution in [0.1, 0.15) is 12.8 Å². The normalized spacial score (nSPS) is 17.7. The van der Waals surface area contributed by atoms with Gasteiger partial charge in [-0.3, -0.25) is 0 Å². The largest absolute Gasteiger partial charge is 0.453 e. The predicted octanol–water partition coefficient (Wildman–Crippen LogP) is 2.76. The number of ether oxygens (including phenoxy) is 1. The molecule has 2 N–H and O–H groups in total. The minimum atomic E-state index is -0.348. The number of amides is 3. The van der Waals surface area contributed by atoms with Gasteiger partial charge in [0.15, 0.2) is 0 Å². The van der Waals surface area contributed by atoms with E-state index in [-0.39, 0.29) is 18.2 Å². The molecule has 1 saturated heterocycles. The average Bonchev–Trinajstić information content (AvgIpc) is 2.54. The summed E-state index contributed by atoms with van der Waals surface area (Å²) in [5.41, 5.74) is 0.785. The minimum Gasteiger partial charge on any atom is -0.453 e. The molecule has 1 aliphatic rings. The van der Waals surface area contributed by atoms with Crippen LogP contribution < -0.4 is 10.6 Å². The van der Waals surface area contributed by atoms with Crippen molar-refractivity contribution in [3.05, 3.63) is 24.3 Å². The second-order valence-electron chi connectivity index (χ2n) is 5.05. The Morgan fingerprint density at radius 3 is 2.86 bits per heavy atom. The fourth-order valence-electron chi connectivity index (χ4n) is 2.48. The smallest absolute Gasteiger partial charge is 0.409 e. The molecular formula is C15H21N3O3S. The third-order valence-corrected chi connectivity index (χ3v) is 4.34. The molecule has 7 heteroatoms. The zero-order valence-electron chi connectivity index (χ0n) is 12.8. The van der Waals surface area contributed by atoms with Gasteiger partial charge in [-0.05, 0) is 31.2 Å². The lowest BCUT2D eigenvalue weighted by Gasteiger charge is -2.32. The molecule has 1 aliphatic heterocycles. The second-order valence-corrected chi connectivity index (χ2v) is 5.90. The fraction of sp³-hybridized carbons (Fsp3) is 0.467. The van der Waals surface area contributed by atoms with Gasteiger partial charge in [0.1, 0.15) is 0 Å². The Labute approximate surface area is 134 Å². The highest BCUT2D eigenvalue weighted by atomic mass is 32.2. The molecule has 1 heterocycles. The van der Waals surface area contributed by atoms with Gasteiger partial charge in [-0.25, -0.2) is 9.59 Å². The lowest BCUT2D eigenvalue weighted by molar-refractivity contribution is 0.108. The molecule has 0 spiro atoms. The molecule has 1 aromatic carbocycles. The Hall–Kier alpha value is -1.89. The number of urea groups is 1. The van der Waals surface area contributed by atoms with Crippen LogP contribution in [0.3, 0.4) is 0 Å². The monoisotopic (exact) mass is 323 g/mol. The number of methoxy groups -OCH3 is 1. The number of piperidine rings is 1. The van der Waals surface area contributed by atoms with E-state index in [4.69, 9.17) is 4.74 Å². The molecular weight excluding hydrogens is 302 g/mol. The highest BCUT2D eigenvalue weighted by Gasteiger charge is 2.25. The first kappa shape index (κ1) is 16.5. The Morgan fingerprint density at radius 1 is 1.36 bits per heavy atom. The molecule has 0 unspecified atom stereocenters. The molecule has 3 amide bonds. The van der Waals surface area contributed by atoms with E-state index in [1.165, 1.54) is 7.11 Å². The molecule has 0 bridgehead atoms. The highest BCUT2D eigenvalue weighted by Crippen LogP contribution is 2.24. The summed E-state index contributed by atoms with van der Waals surface area (Å²) < 4.78 is 4.72. The van der Waals surface area contributed by atoms with Crippen LogP contribution in [0.4, 0.5) is 15.3 Å². The second kappa shape index (κ2) is 7.93. The van der Waals surface area contributed by atoms with E-state index in [1.54, 1.807) is 16.7 Å². The van der Waals surface area contributed by atoms with Gasteiger partial charge in [0.25, 0.3) is 0 Å². The van der Waals surface area contributed by atoms with Crippen LogP contribution in [0.5, 0.6) is 0 Å². The first-order chi connectivity index (χ1) is 10.6. The lowest BCUT2D eigenvalue weighted by Crippen LogP contribution is -2.50. The third-order valence-electron chi connectivity index (χ3n) is 3.54. The van der Waals surface area contributed by atoms with Crippen molar-refractivity contribution in [3.8, 4) is 0 Å². The number of nitrogens with one attached hydrogen (secondary N) is 2. The number of carbonyl (C=O) groups is 2. The minimum absolute atomic E-state index is 0.0608. The number of likely N-dealkylation sites (tertiary alicyclic amines) is 1. The van der Waals surface area contributed by atoms with Crippen LogP contribution in [-0.4, -0.2) is 49.5 Å². The molecule has 120 valence electrons. The molecule has 6 nitrogen and oxygen atoms in total. The molecule has 22 heavy (non-hydrogen) atoms. The standard InChI is InChI=1S/C15H21N3O3S/c1-21-15(20)18-9-5-6-11(10-18)16-14(19)17-12-7-3-4-8-13(12)22-2/h3-4,7-8,11H,5-6,9-10H2,1-2H3,(H2,16,17,19)/t11-/m0/s1. The number of hydrogen-bond acceptors (Lipinski definition) is 4. The van der Waals surface area contributed by atoms with Crippen molar-refractivity contribution in [1.82, 2.24) is 10.2 Å². The topological polar surface area (TPSA) is 70.7 Å². The molecule has 0 saturated carbocycles. The van der Waals surface area contributed by atoms with Gasteiger partial charge in [0.2, 0.25) is 0 Å². The summed E-state index contributed by atoms with van der Waals surface area (Å²) in [6.07, 6.45) is 3.32. The number of anilines is 1. The van der Waals surface area contributed by atoms with E-state index in [0.717, 1.165) is 23.4 Å². The quantitative estimate of drug-likeness (QED) is 0.839. The molecule has 1 aromatic rings. The molecule has 1 fully saturated rings. The van der Waals surface area contributed by atoms with Crippen LogP contribution >= 0.6 is 11.8 Å². The Morgan fingerprint density at radius 2 is 2.14 bits per heavy atom. The molecule has 0 aromatic heterocycles. The zero-order valence-corrected chi connectivity index (χ0v) is 13.6. The molecule has 1 atom stereocenters. The van der Waals surface area contributed by atoms with Crippen LogP contribution in [-0.2, 0) is 4.74 Å². The van der Waals surface area contributed by atoms with Crippen molar-refractivity contribution in [2.24, 2.45) is 0 Å². The first-order valence-electron chi connectivity index (χ1n) is 7.17. The van der Waals surface area contributed by atoms with Gasteiger partial charge in [0, 0.05) is 24.0 Å². The maximum Gasteiger partial charge on any atom is 0.409 e. The van der Waals surface area contributed by atoms with E-state index in [1.807, 2.05) is 30.5 Å². The van der Waals surface area contributed by atoms with Crippen molar-refractivity contribution in [2.45, 2.75) is 23.8 Å². The molecule has 2 rings (SSSR count). The Bertz CT molecular complexity index is 539. The van der Waals surface area contributed by atoms with Crippen LogP contribution in [0.25, 0.3) is 0 Å². The van der Waals surface area contributed by atoms with Gasteiger partial charge >= 0.3 is 12.1 Å². The van der Waals surface area contributed by atoms with E-state index in [2.05, 4.69) is 10.6 Å². The number of carbonyl (C=O) groups excluding carboxylic acids is 2. The van der Waals surface area contributed by atoms with E-state index >= 15 is 0 Å². The van der Waals surface area contributed by atoms with Gasteiger partial charge < -0.3 is 20.3 Å². The van der Waals surface area contributed by atoms with E-state index in [0.29, 0.717) is 13.1 Å². The fourth-order valence-corrected chi connectivity index (χ4v) is 3.04. The van der Waals surface area contributed by atoms with Crippen molar-refractivity contribution in [1.29, 1.82) is 0 Å². The summed E-state index contributed by atoms with van der Waals surface area (Å²) in [6.45, 7) is 1.14. The van der Waals surface area contributed by atoms with Crippen molar-refractivity contribution in [2.75, 3.05) is 31.8 Å². The van der Waals surface area contributed by atoms with Crippen LogP contribution in [0.15, 0.2) is 29.2 Å². The summed E-state index contributed by atoms with van der Waals surface area (Å²) in [5.74, 6) is 0. The number of thioether (sulfide) groups is 1. The third kappa shape index (κ3) is 4.30. The van der Waals surface area contributed by atoms with Gasteiger partial charge in [0.05, 0.1) is 12.8 Å². The summed E-state index contributed by atoms with van der Waals surface area (Å²) in [5, 5.41) is 5.78. The summed E-state index contributed by atoms with van der Waals surface area (Å²) >= 11 is 1.58. The summed E-state index contributed by atoms with van der Waals surface area (Å²) in [7, 11) is 1.37. The van der Waals surface area contributed by atoms with Crippen LogP contribution in [0.2, 0.25) is 0 Å². The van der Waals surface area contributed by atoms with Crippen molar-refractivity contribution < 1.29 is 14.3 Å². The maximum atomic E-state index is 12.1. The zero-order chi connectivity index (χ0) is 15.9. The van der Waals surface area contributed by atoms with Gasteiger partial charge in [-0.15, -0.1) is 11.8 Å². The van der Waals surface area contributed by atoms with Crippen molar-refractivity contribution >= 4 is 29.6 Å². The average molecular weight is 323 g/mol. The van der Waals surface area contributed by atoms with E-state index < -0.39 is 0 Å². The number of rotatable bonds is 3. The van der Waals surface area contributed by atoms with Gasteiger partial charge in [-0.1, -0.05) is 12.1 Å². The molecule has 0 radical (unpaired) electrons. The maximum absolute atomic E-state index is 12.1. The summed E-state index contributed by atoms with van der Waals surface area (Å²) in [6, 6.07) is 7.33. The molecule has 0 aliphatic carbocycles. The first-order valence-corrected chi connectivity index (χ1v) is 8.40. The predicted molar refractivity (Wildman–Crippen MR) is 87.4 cm³/mol. The number of para-hydroxylation sites is 1. The van der Waals surface area contributed by atoms with E-state index in [9.17, 15) is 9.59 Å². The number of nitrogens with zero attached hydrogens (tertiary/aromatic N) is 1. The highest BCUT2D eigenvalue weighted by molar-refractivity contribution is 7.98.